The molecule has 0 atom stereocenters. The number of nitrogens with zero attached hydrogens (tertiary/aromatic N) is 3. The van der Waals surface area contributed by atoms with Crippen molar-refractivity contribution >= 4 is 5.91 Å². The van der Waals surface area contributed by atoms with Crippen molar-refractivity contribution in [2.24, 2.45) is 0 Å². The van der Waals surface area contributed by atoms with Gasteiger partial charge in [0.15, 0.2) is 5.69 Å². The van der Waals surface area contributed by atoms with Gasteiger partial charge in [0.2, 0.25) is 0 Å². The quantitative estimate of drug-likeness (QED) is 0.689. The monoisotopic (exact) mass is 372 g/mol. The molecule has 1 aromatic carbocycles. The molecule has 27 heavy (non-hydrogen) atoms. The molecule has 0 radical (unpaired) electrons. The zero-order chi connectivity index (χ0) is 19.4. The van der Waals surface area contributed by atoms with Gasteiger partial charge in [-0.05, 0) is 32.9 Å². The minimum Gasteiger partial charge on any atom is -0.489 e. The lowest BCUT2D eigenvalue weighted by atomic mass is 10.2. The summed E-state index contributed by atoms with van der Waals surface area (Å²) in [6.45, 7) is 6.81. The van der Waals surface area contributed by atoms with Gasteiger partial charge < -0.3 is 14.6 Å². The van der Waals surface area contributed by atoms with E-state index in [4.69, 9.17) is 9.26 Å². The van der Waals surface area contributed by atoms with Crippen LogP contribution in [0.1, 0.15) is 40.0 Å². The normalized spacial score (nSPS) is 10.8. The third-order valence-electron chi connectivity index (χ3n) is 4.32. The minimum absolute atomic E-state index is 0.0499. The molecule has 0 aliphatic rings. The van der Waals surface area contributed by atoms with E-state index in [2.05, 4.69) is 15.6 Å². The summed E-state index contributed by atoms with van der Waals surface area (Å²) >= 11 is 0. The Balaban J connectivity index is 1.67. The summed E-state index contributed by atoms with van der Waals surface area (Å²) in [5.41, 5.74) is 2.62. The van der Waals surface area contributed by atoms with Gasteiger partial charge in [0.1, 0.15) is 23.9 Å². The van der Waals surface area contributed by atoms with Crippen LogP contribution < -0.4 is 10.1 Å². The predicted octanol–water partition coefficient (Wildman–Crippen LogP) is 3.16. The van der Waals surface area contributed by atoms with Crippen LogP contribution >= 0.6 is 0 Å². The van der Waals surface area contributed by atoms with Crippen LogP contribution in [0.25, 0.3) is 0 Å². The van der Waals surface area contributed by atoms with Crippen LogP contribution in [0.2, 0.25) is 0 Å². The van der Waals surface area contributed by atoms with Crippen LogP contribution in [0, 0.1) is 19.7 Å². The number of hydrogen-bond acceptors (Lipinski definition) is 5. The summed E-state index contributed by atoms with van der Waals surface area (Å²) in [5, 5.41) is 10.9. The fraction of sp³-hybridized carbons (Fsp3) is 0.316. The molecule has 3 aromatic rings. The van der Waals surface area contributed by atoms with Gasteiger partial charge in [-0.3, -0.25) is 9.48 Å². The molecule has 3 rings (SSSR count). The number of nitrogens with one attached hydrogen (secondary N) is 1. The van der Waals surface area contributed by atoms with Crippen molar-refractivity contribution < 1.29 is 18.4 Å². The van der Waals surface area contributed by atoms with Crippen LogP contribution in [-0.2, 0) is 19.7 Å². The highest BCUT2D eigenvalue weighted by atomic mass is 19.1. The van der Waals surface area contributed by atoms with Crippen molar-refractivity contribution in [3.05, 3.63) is 64.6 Å². The summed E-state index contributed by atoms with van der Waals surface area (Å²) < 4.78 is 25.8. The van der Waals surface area contributed by atoms with Crippen molar-refractivity contribution in [2.45, 2.75) is 40.5 Å². The van der Waals surface area contributed by atoms with Gasteiger partial charge in [-0.25, -0.2) is 4.39 Å². The van der Waals surface area contributed by atoms with Crippen LogP contribution in [0.5, 0.6) is 5.75 Å². The topological polar surface area (TPSA) is 82.2 Å². The number of aryl methyl sites for hydroxylation is 2. The number of hydrogen-bond donors (Lipinski definition) is 1. The number of carbonyl (C=O) groups is 1. The third kappa shape index (κ3) is 4.16. The average Bonchev–Trinajstić information content (AvgIpc) is 3.20. The van der Waals surface area contributed by atoms with Gasteiger partial charge in [-0.2, -0.15) is 5.10 Å². The van der Waals surface area contributed by atoms with Crippen LogP contribution in [0.15, 0.2) is 35.0 Å². The molecule has 0 saturated heterocycles. The maximum atomic E-state index is 13.3. The number of ether oxygens (including phenoxy) is 1. The zero-order valence-electron chi connectivity index (χ0n) is 15.5. The van der Waals surface area contributed by atoms with Gasteiger partial charge in [-0.15, -0.1) is 0 Å². The molecular formula is C19H21FN4O3. The fourth-order valence-corrected chi connectivity index (χ4v) is 2.69. The molecule has 0 spiro atoms. The molecule has 1 N–H and O–H groups in total. The molecule has 0 aliphatic carbocycles. The van der Waals surface area contributed by atoms with E-state index in [0.29, 0.717) is 23.6 Å². The number of carbonyl (C=O) groups excluding carboxylic acids is 1. The average molecular weight is 372 g/mol. The molecule has 1 amide bonds. The summed E-state index contributed by atoms with van der Waals surface area (Å²) in [6, 6.07) is 5.80. The zero-order valence-corrected chi connectivity index (χ0v) is 15.5. The highest BCUT2D eigenvalue weighted by Gasteiger charge is 2.20. The molecule has 2 aromatic heterocycles. The molecule has 0 aliphatic heterocycles. The summed E-state index contributed by atoms with van der Waals surface area (Å²) in [4.78, 5) is 12.5. The molecule has 142 valence electrons. The predicted molar refractivity (Wildman–Crippen MR) is 95.8 cm³/mol. The van der Waals surface area contributed by atoms with E-state index in [1.807, 2.05) is 18.5 Å². The Morgan fingerprint density at radius 3 is 2.89 bits per heavy atom. The van der Waals surface area contributed by atoms with Crippen molar-refractivity contribution in [1.82, 2.24) is 20.3 Å². The molecule has 7 nitrogen and oxygen atoms in total. The number of benzene rings is 1. The number of rotatable bonds is 7. The van der Waals surface area contributed by atoms with E-state index in [-0.39, 0.29) is 18.2 Å². The Hall–Kier alpha value is -3.16. The van der Waals surface area contributed by atoms with Crippen LogP contribution in [0.4, 0.5) is 4.39 Å². The van der Waals surface area contributed by atoms with Gasteiger partial charge in [0.05, 0.1) is 11.8 Å². The van der Waals surface area contributed by atoms with Crippen LogP contribution in [0.3, 0.4) is 0 Å². The summed E-state index contributed by atoms with van der Waals surface area (Å²) in [7, 11) is 0. The Bertz CT molecular complexity index is 948. The standard InChI is InChI=1S/C19H21FN4O3/c1-4-24-12(2)14(10-22-24)9-21-19(25)18-17(13(3)27-23-18)11-26-16-7-5-6-15(20)8-16/h5-8,10H,4,9,11H2,1-3H3,(H,21,25). The number of aromatic nitrogens is 3. The van der Waals surface area contributed by atoms with Gasteiger partial charge in [0.25, 0.3) is 5.91 Å². The Morgan fingerprint density at radius 1 is 1.37 bits per heavy atom. The van der Waals surface area contributed by atoms with E-state index in [9.17, 15) is 9.18 Å². The van der Waals surface area contributed by atoms with Gasteiger partial charge >= 0.3 is 0 Å². The van der Waals surface area contributed by atoms with E-state index in [1.54, 1.807) is 25.3 Å². The first-order valence-corrected chi connectivity index (χ1v) is 8.62. The van der Waals surface area contributed by atoms with E-state index in [1.165, 1.54) is 12.1 Å². The first kappa shape index (κ1) is 18.6. The Labute approximate surface area is 156 Å². The summed E-state index contributed by atoms with van der Waals surface area (Å²) in [6.07, 6.45) is 1.74. The second kappa shape index (κ2) is 8.03. The lowest BCUT2D eigenvalue weighted by Gasteiger charge is -2.07. The number of amides is 1. The first-order chi connectivity index (χ1) is 13.0. The van der Waals surface area contributed by atoms with E-state index < -0.39 is 5.82 Å². The largest absolute Gasteiger partial charge is 0.489 e. The minimum atomic E-state index is -0.393. The lowest BCUT2D eigenvalue weighted by molar-refractivity contribution is 0.0939. The van der Waals surface area contributed by atoms with Crippen LogP contribution in [-0.4, -0.2) is 20.8 Å². The molecule has 0 bridgehead atoms. The molecular weight excluding hydrogens is 351 g/mol. The van der Waals surface area contributed by atoms with Gasteiger partial charge in [0, 0.05) is 30.4 Å². The van der Waals surface area contributed by atoms with Crippen molar-refractivity contribution in [3.63, 3.8) is 0 Å². The van der Waals surface area contributed by atoms with Crippen molar-refractivity contribution in [1.29, 1.82) is 0 Å². The molecule has 0 unspecified atom stereocenters. The number of halogens is 1. The molecule has 8 heteroatoms. The maximum Gasteiger partial charge on any atom is 0.274 e. The Kier molecular flexibility index (Phi) is 5.54. The second-order valence-electron chi connectivity index (χ2n) is 6.07. The van der Waals surface area contributed by atoms with Gasteiger partial charge in [-0.1, -0.05) is 11.2 Å². The first-order valence-electron chi connectivity index (χ1n) is 8.62. The molecule has 0 saturated carbocycles. The maximum absolute atomic E-state index is 13.3. The highest BCUT2D eigenvalue weighted by Crippen LogP contribution is 2.19. The highest BCUT2D eigenvalue weighted by molar-refractivity contribution is 5.93. The third-order valence-corrected chi connectivity index (χ3v) is 4.32. The summed E-state index contributed by atoms with van der Waals surface area (Å²) in [5.74, 6) is 0.0833. The second-order valence-corrected chi connectivity index (χ2v) is 6.07. The molecule has 0 fully saturated rings. The van der Waals surface area contributed by atoms with Crippen molar-refractivity contribution in [2.75, 3.05) is 0 Å². The van der Waals surface area contributed by atoms with Crippen molar-refractivity contribution in [3.8, 4) is 5.75 Å². The lowest BCUT2D eigenvalue weighted by Crippen LogP contribution is -2.25. The molecule has 2 heterocycles. The smallest absolute Gasteiger partial charge is 0.274 e. The van der Waals surface area contributed by atoms with E-state index in [0.717, 1.165) is 17.8 Å². The van der Waals surface area contributed by atoms with E-state index >= 15 is 0 Å². The fourth-order valence-electron chi connectivity index (χ4n) is 2.69. The SMILES string of the molecule is CCn1ncc(CNC(=O)c2noc(C)c2COc2cccc(F)c2)c1C. The Morgan fingerprint density at radius 2 is 2.19 bits per heavy atom.